The summed E-state index contributed by atoms with van der Waals surface area (Å²) in [5.41, 5.74) is 0.759. The maximum absolute atomic E-state index is 12.4. The first-order valence-corrected chi connectivity index (χ1v) is 7.03. The SMILES string of the molecule is Cc1cc(C[C@@H]2CN(Cc3nc(C(F)(F)F)no3)C[C@H]2O)on1. The smallest absolute Gasteiger partial charge is 0.391 e. The molecule has 0 radical (unpaired) electrons. The molecular formula is C13H15F3N4O3. The van der Waals surface area contributed by atoms with Crippen molar-refractivity contribution in [1.82, 2.24) is 20.2 Å². The maximum atomic E-state index is 12.4. The van der Waals surface area contributed by atoms with Crippen LogP contribution in [0, 0.1) is 12.8 Å². The van der Waals surface area contributed by atoms with Crippen molar-refractivity contribution in [1.29, 1.82) is 0 Å². The molecule has 10 heteroatoms. The number of aliphatic hydroxyl groups excluding tert-OH is 1. The van der Waals surface area contributed by atoms with Gasteiger partial charge in [0.25, 0.3) is 5.82 Å². The molecule has 1 fully saturated rings. The van der Waals surface area contributed by atoms with Crippen LogP contribution in [0.15, 0.2) is 15.1 Å². The fraction of sp³-hybridized carbons (Fsp3) is 0.615. The van der Waals surface area contributed by atoms with E-state index in [1.54, 1.807) is 17.9 Å². The number of hydrogen-bond acceptors (Lipinski definition) is 7. The number of aryl methyl sites for hydroxylation is 1. The van der Waals surface area contributed by atoms with E-state index < -0.39 is 18.1 Å². The monoisotopic (exact) mass is 332 g/mol. The van der Waals surface area contributed by atoms with Crippen LogP contribution in [0.25, 0.3) is 0 Å². The van der Waals surface area contributed by atoms with Crippen molar-refractivity contribution in [2.24, 2.45) is 5.92 Å². The van der Waals surface area contributed by atoms with Crippen LogP contribution in [0.4, 0.5) is 13.2 Å². The van der Waals surface area contributed by atoms with Gasteiger partial charge >= 0.3 is 6.18 Å². The summed E-state index contributed by atoms with van der Waals surface area (Å²) in [5.74, 6) is -0.834. The number of aromatic nitrogens is 3. The fourth-order valence-electron chi connectivity index (χ4n) is 2.67. The number of rotatable bonds is 4. The maximum Gasteiger partial charge on any atom is 0.455 e. The van der Waals surface area contributed by atoms with E-state index in [2.05, 4.69) is 19.8 Å². The zero-order chi connectivity index (χ0) is 16.6. The Balaban J connectivity index is 1.59. The lowest BCUT2D eigenvalue weighted by molar-refractivity contribution is -0.146. The molecule has 1 N–H and O–H groups in total. The number of nitrogens with zero attached hydrogens (tertiary/aromatic N) is 4. The zero-order valence-electron chi connectivity index (χ0n) is 12.2. The van der Waals surface area contributed by atoms with Crippen LogP contribution < -0.4 is 0 Å². The zero-order valence-corrected chi connectivity index (χ0v) is 12.2. The lowest BCUT2D eigenvalue weighted by Gasteiger charge is -2.12. The lowest BCUT2D eigenvalue weighted by atomic mass is 10.0. The first-order valence-electron chi connectivity index (χ1n) is 7.03. The van der Waals surface area contributed by atoms with Crippen LogP contribution in [-0.2, 0) is 19.1 Å². The molecule has 126 valence electrons. The minimum absolute atomic E-state index is 0.0616. The Morgan fingerprint density at radius 2 is 2.09 bits per heavy atom. The number of likely N-dealkylation sites (tertiary alicyclic amines) is 1. The van der Waals surface area contributed by atoms with E-state index in [4.69, 9.17) is 4.52 Å². The van der Waals surface area contributed by atoms with Gasteiger partial charge < -0.3 is 14.2 Å². The molecule has 0 aliphatic carbocycles. The van der Waals surface area contributed by atoms with Gasteiger partial charge in [0.1, 0.15) is 5.76 Å². The molecule has 3 rings (SSSR count). The second-order valence-electron chi connectivity index (χ2n) is 5.67. The Morgan fingerprint density at radius 1 is 1.30 bits per heavy atom. The van der Waals surface area contributed by atoms with Crippen LogP contribution in [0.3, 0.4) is 0 Å². The predicted molar refractivity (Wildman–Crippen MR) is 69.0 cm³/mol. The van der Waals surface area contributed by atoms with Crippen molar-refractivity contribution in [2.75, 3.05) is 13.1 Å². The molecular weight excluding hydrogens is 317 g/mol. The molecule has 0 aromatic carbocycles. The van der Waals surface area contributed by atoms with E-state index >= 15 is 0 Å². The van der Waals surface area contributed by atoms with E-state index in [1.807, 2.05) is 0 Å². The minimum Gasteiger partial charge on any atom is -0.391 e. The highest BCUT2D eigenvalue weighted by Gasteiger charge is 2.38. The normalized spacial score (nSPS) is 22.8. The van der Waals surface area contributed by atoms with Gasteiger partial charge in [-0.1, -0.05) is 10.3 Å². The number of β-amino-alcohol motifs (C(OH)–C–C–N with tert-alkyl or cyclic N) is 1. The van der Waals surface area contributed by atoms with Gasteiger partial charge in [-0.05, 0) is 6.92 Å². The van der Waals surface area contributed by atoms with E-state index in [0.29, 0.717) is 25.3 Å². The summed E-state index contributed by atoms with van der Waals surface area (Å²) in [6, 6.07) is 1.79. The van der Waals surface area contributed by atoms with Crippen LogP contribution in [0.1, 0.15) is 23.2 Å². The highest BCUT2D eigenvalue weighted by atomic mass is 19.4. The topological polar surface area (TPSA) is 88.4 Å². The summed E-state index contributed by atoms with van der Waals surface area (Å²) in [5, 5.41) is 16.8. The molecule has 2 aromatic rings. The third-order valence-electron chi connectivity index (χ3n) is 3.70. The van der Waals surface area contributed by atoms with Gasteiger partial charge in [-0.3, -0.25) is 4.90 Å². The quantitative estimate of drug-likeness (QED) is 0.906. The molecule has 0 bridgehead atoms. The largest absolute Gasteiger partial charge is 0.455 e. The van der Waals surface area contributed by atoms with E-state index in [1.165, 1.54) is 0 Å². The van der Waals surface area contributed by atoms with Gasteiger partial charge in [0.15, 0.2) is 0 Å². The lowest BCUT2D eigenvalue weighted by Crippen LogP contribution is -2.21. The average molecular weight is 332 g/mol. The van der Waals surface area contributed by atoms with Crippen molar-refractivity contribution >= 4 is 0 Å². The van der Waals surface area contributed by atoms with Crippen molar-refractivity contribution in [3.63, 3.8) is 0 Å². The van der Waals surface area contributed by atoms with Gasteiger partial charge in [-0.2, -0.15) is 18.2 Å². The van der Waals surface area contributed by atoms with Crippen molar-refractivity contribution in [3.8, 4) is 0 Å². The van der Waals surface area contributed by atoms with Crippen LogP contribution in [-0.4, -0.2) is 44.5 Å². The average Bonchev–Trinajstić information content (AvgIpc) is 3.13. The van der Waals surface area contributed by atoms with E-state index in [0.717, 1.165) is 5.69 Å². The molecule has 1 saturated heterocycles. The Labute approximate surface area is 129 Å². The Hall–Kier alpha value is -1.94. The molecule has 2 atom stereocenters. The third kappa shape index (κ3) is 3.70. The minimum atomic E-state index is -4.63. The molecule has 0 spiro atoms. The van der Waals surface area contributed by atoms with Gasteiger partial charge in [0.05, 0.1) is 18.3 Å². The summed E-state index contributed by atoms with van der Waals surface area (Å²) < 4.78 is 47.0. The summed E-state index contributed by atoms with van der Waals surface area (Å²) in [4.78, 5) is 5.10. The summed E-state index contributed by atoms with van der Waals surface area (Å²) in [6.07, 6.45) is -4.72. The van der Waals surface area contributed by atoms with E-state index in [9.17, 15) is 18.3 Å². The molecule has 23 heavy (non-hydrogen) atoms. The molecule has 0 amide bonds. The molecule has 7 nitrogen and oxygen atoms in total. The first-order chi connectivity index (χ1) is 10.8. The molecule has 0 saturated carbocycles. The summed E-state index contributed by atoms with van der Waals surface area (Å²) in [6.45, 7) is 2.68. The number of aliphatic hydroxyl groups is 1. The molecule has 2 aromatic heterocycles. The van der Waals surface area contributed by atoms with Gasteiger partial charge in [-0.15, -0.1) is 0 Å². The standard InChI is InChI=1S/C13H15F3N4O3/c1-7-2-9(22-18-7)3-8-4-20(5-10(8)21)6-11-17-12(19-23-11)13(14,15)16/h2,8,10,21H,3-6H2,1H3/t8-,10-/m1/s1. The fourth-order valence-corrected chi connectivity index (χ4v) is 2.67. The first kappa shape index (κ1) is 15.9. The highest BCUT2D eigenvalue weighted by Crippen LogP contribution is 2.27. The predicted octanol–water partition coefficient (Wildman–Crippen LogP) is 1.42. The second kappa shape index (κ2) is 5.93. The van der Waals surface area contributed by atoms with Gasteiger partial charge in [0, 0.05) is 31.5 Å². The molecule has 1 aliphatic heterocycles. The number of halogens is 3. The molecule has 1 aliphatic rings. The number of alkyl halides is 3. The second-order valence-corrected chi connectivity index (χ2v) is 5.67. The van der Waals surface area contributed by atoms with Gasteiger partial charge in [0.2, 0.25) is 5.89 Å². The highest BCUT2D eigenvalue weighted by molar-refractivity contribution is 5.05. The van der Waals surface area contributed by atoms with Crippen molar-refractivity contribution < 1.29 is 27.3 Å². The molecule has 3 heterocycles. The Morgan fingerprint density at radius 3 is 2.70 bits per heavy atom. The van der Waals surface area contributed by atoms with Crippen molar-refractivity contribution in [2.45, 2.75) is 32.2 Å². The summed E-state index contributed by atoms with van der Waals surface area (Å²) in [7, 11) is 0. The van der Waals surface area contributed by atoms with Gasteiger partial charge in [-0.25, -0.2) is 0 Å². The third-order valence-corrected chi connectivity index (χ3v) is 3.70. The van der Waals surface area contributed by atoms with Crippen LogP contribution in [0.5, 0.6) is 0 Å². The Bertz CT molecular complexity index is 669. The van der Waals surface area contributed by atoms with Crippen molar-refractivity contribution in [3.05, 3.63) is 29.2 Å². The Kier molecular flexibility index (Phi) is 4.11. The van der Waals surface area contributed by atoms with Crippen LogP contribution in [0.2, 0.25) is 0 Å². The van der Waals surface area contributed by atoms with E-state index in [-0.39, 0.29) is 18.4 Å². The summed E-state index contributed by atoms with van der Waals surface area (Å²) >= 11 is 0. The van der Waals surface area contributed by atoms with Crippen LogP contribution >= 0.6 is 0 Å². The number of hydrogen-bond donors (Lipinski definition) is 1. The molecule has 0 unspecified atom stereocenters.